The Bertz CT molecular complexity index is 517. The molecule has 0 atom stereocenters. The van der Waals surface area contributed by atoms with Gasteiger partial charge in [-0.15, -0.1) is 0 Å². The molecule has 2 N–H and O–H groups in total. The molecule has 0 aliphatic carbocycles. The van der Waals surface area contributed by atoms with Crippen molar-refractivity contribution in [1.82, 2.24) is 9.55 Å². The van der Waals surface area contributed by atoms with E-state index in [1.165, 1.54) is 10.6 Å². The molecule has 0 unspecified atom stereocenters. The Morgan fingerprint density at radius 2 is 2.00 bits per heavy atom. The third-order valence-corrected chi connectivity index (χ3v) is 2.29. The van der Waals surface area contributed by atoms with Gasteiger partial charge in [0.2, 0.25) is 5.95 Å². The first-order chi connectivity index (χ1) is 7.02. The monoisotopic (exact) mass is 211 g/mol. The molecule has 2 aromatic rings. The second kappa shape index (κ2) is 3.18. The van der Waals surface area contributed by atoms with Crippen LogP contribution in [-0.4, -0.2) is 9.55 Å². The van der Waals surface area contributed by atoms with Gasteiger partial charge in [0, 0.05) is 6.04 Å². The summed E-state index contributed by atoms with van der Waals surface area (Å²) in [5.41, 5.74) is 6.14. The quantitative estimate of drug-likeness (QED) is 0.787. The van der Waals surface area contributed by atoms with Gasteiger partial charge in [0.05, 0.1) is 5.52 Å². The van der Waals surface area contributed by atoms with Crippen molar-refractivity contribution in [3.8, 4) is 0 Å². The van der Waals surface area contributed by atoms with Crippen molar-refractivity contribution in [2.24, 2.45) is 0 Å². The summed E-state index contributed by atoms with van der Waals surface area (Å²) in [5.74, 6) is -1.58. The first-order valence-corrected chi connectivity index (χ1v) is 4.63. The maximum Gasteiger partial charge on any atom is 0.201 e. The average Bonchev–Trinajstić information content (AvgIpc) is 2.49. The molecule has 1 aromatic carbocycles. The SMILES string of the molecule is CC(C)n1c(N)nc2ccc(F)c(F)c21. The van der Waals surface area contributed by atoms with Gasteiger partial charge in [-0.1, -0.05) is 0 Å². The zero-order chi connectivity index (χ0) is 11.2. The fourth-order valence-electron chi connectivity index (χ4n) is 1.66. The molecular formula is C10H11F2N3. The number of fused-ring (bicyclic) bond motifs is 1. The van der Waals surface area contributed by atoms with Crippen LogP contribution < -0.4 is 5.73 Å². The highest BCUT2D eigenvalue weighted by molar-refractivity contribution is 5.79. The lowest BCUT2D eigenvalue weighted by Gasteiger charge is -2.10. The number of imidazole rings is 1. The van der Waals surface area contributed by atoms with Gasteiger partial charge in [-0.2, -0.15) is 0 Å². The predicted molar refractivity (Wildman–Crippen MR) is 54.4 cm³/mol. The van der Waals surface area contributed by atoms with E-state index in [9.17, 15) is 8.78 Å². The molecule has 0 aliphatic heterocycles. The summed E-state index contributed by atoms with van der Waals surface area (Å²) < 4.78 is 28.1. The van der Waals surface area contributed by atoms with Crippen molar-refractivity contribution < 1.29 is 8.78 Å². The highest BCUT2D eigenvalue weighted by Gasteiger charge is 2.17. The van der Waals surface area contributed by atoms with E-state index >= 15 is 0 Å². The van der Waals surface area contributed by atoms with E-state index in [4.69, 9.17) is 5.73 Å². The van der Waals surface area contributed by atoms with E-state index in [0.717, 1.165) is 6.07 Å². The van der Waals surface area contributed by atoms with Gasteiger partial charge in [0.25, 0.3) is 0 Å². The minimum absolute atomic E-state index is 0.0636. The number of nitrogens with zero attached hydrogens (tertiary/aromatic N) is 2. The highest BCUT2D eigenvalue weighted by Crippen LogP contribution is 2.26. The Morgan fingerprint density at radius 3 is 2.60 bits per heavy atom. The zero-order valence-corrected chi connectivity index (χ0v) is 8.46. The van der Waals surface area contributed by atoms with Crippen molar-refractivity contribution in [1.29, 1.82) is 0 Å². The second-order valence-electron chi connectivity index (χ2n) is 3.66. The van der Waals surface area contributed by atoms with Crippen LogP contribution in [0, 0.1) is 11.6 Å². The van der Waals surface area contributed by atoms with Crippen LogP contribution in [0.15, 0.2) is 12.1 Å². The van der Waals surface area contributed by atoms with Crippen molar-refractivity contribution in [3.05, 3.63) is 23.8 Å². The summed E-state index contributed by atoms with van der Waals surface area (Å²) in [6.45, 7) is 3.67. The Balaban J connectivity index is 2.90. The van der Waals surface area contributed by atoms with Gasteiger partial charge in [0.1, 0.15) is 5.52 Å². The lowest BCUT2D eigenvalue weighted by Crippen LogP contribution is -2.06. The molecule has 0 saturated heterocycles. The number of nitrogen functional groups attached to an aromatic ring is 1. The first-order valence-electron chi connectivity index (χ1n) is 4.63. The van der Waals surface area contributed by atoms with Crippen LogP contribution in [0.4, 0.5) is 14.7 Å². The normalized spacial score (nSPS) is 11.5. The molecule has 15 heavy (non-hydrogen) atoms. The van der Waals surface area contributed by atoms with E-state index in [-0.39, 0.29) is 17.5 Å². The average molecular weight is 211 g/mol. The molecule has 0 radical (unpaired) electrons. The van der Waals surface area contributed by atoms with Crippen molar-refractivity contribution >= 4 is 17.0 Å². The van der Waals surface area contributed by atoms with Crippen molar-refractivity contribution in [2.75, 3.05) is 5.73 Å². The molecule has 3 nitrogen and oxygen atoms in total. The molecular weight excluding hydrogens is 200 g/mol. The number of nitrogens with two attached hydrogens (primary N) is 1. The molecule has 0 fully saturated rings. The van der Waals surface area contributed by atoms with Crippen LogP contribution in [0.5, 0.6) is 0 Å². The highest BCUT2D eigenvalue weighted by atomic mass is 19.2. The van der Waals surface area contributed by atoms with Crippen LogP contribution in [-0.2, 0) is 0 Å². The molecule has 0 bridgehead atoms. The zero-order valence-electron chi connectivity index (χ0n) is 8.46. The molecule has 0 aliphatic rings. The molecule has 80 valence electrons. The number of rotatable bonds is 1. The van der Waals surface area contributed by atoms with Crippen molar-refractivity contribution in [3.63, 3.8) is 0 Å². The number of aromatic nitrogens is 2. The maximum atomic E-state index is 13.5. The molecule has 0 amide bonds. The number of halogens is 2. The third-order valence-electron chi connectivity index (χ3n) is 2.29. The van der Waals surface area contributed by atoms with Gasteiger partial charge in [-0.25, -0.2) is 13.8 Å². The number of hydrogen-bond donors (Lipinski definition) is 1. The number of hydrogen-bond acceptors (Lipinski definition) is 2. The van der Waals surface area contributed by atoms with Gasteiger partial charge in [-0.3, -0.25) is 0 Å². The molecule has 1 aromatic heterocycles. The van der Waals surface area contributed by atoms with Gasteiger partial charge >= 0.3 is 0 Å². The minimum atomic E-state index is -0.898. The van der Waals surface area contributed by atoms with Crippen LogP contribution in [0.1, 0.15) is 19.9 Å². The first kappa shape index (κ1) is 9.89. The van der Waals surface area contributed by atoms with Gasteiger partial charge < -0.3 is 10.3 Å². The largest absolute Gasteiger partial charge is 0.369 e. The summed E-state index contributed by atoms with van der Waals surface area (Å²) in [6, 6.07) is 2.41. The summed E-state index contributed by atoms with van der Waals surface area (Å²) in [4.78, 5) is 3.97. The fourth-order valence-corrected chi connectivity index (χ4v) is 1.66. The van der Waals surface area contributed by atoms with Gasteiger partial charge in [-0.05, 0) is 26.0 Å². The Kier molecular flexibility index (Phi) is 2.10. The van der Waals surface area contributed by atoms with E-state index in [1.807, 2.05) is 13.8 Å². The summed E-state index contributed by atoms with van der Waals surface area (Å²) in [7, 11) is 0. The molecule has 0 saturated carbocycles. The smallest absolute Gasteiger partial charge is 0.201 e. The lowest BCUT2D eigenvalue weighted by atomic mass is 10.2. The van der Waals surface area contributed by atoms with Crippen molar-refractivity contribution in [2.45, 2.75) is 19.9 Å². The van der Waals surface area contributed by atoms with E-state index < -0.39 is 11.6 Å². The standard InChI is InChI=1S/C10H11F2N3/c1-5(2)15-9-7(14-10(15)13)4-3-6(11)8(9)12/h3-5H,1-2H3,(H2,13,14). The predicted octanol–water partition coefficient (Wildman–Crippen LogP) is 2.48. The van der Waals surface area contributed by atoms with Gasteiger partial charge in [0.15, 0.2) is 11.6 Å². The summed E-state index contributed by atoms with van der Waals surface area (Å²) >= 11 is 0. The second-order valence-corrected chi connectivity index (χ2v) is 3.66. The lowest BCUT2D eigenvalue weighted by molar-refractivity contribution is 0.507. The van der Waals surface area contributed by atoms with Crippen LogP contribution in [0.3, 0.4) is 0 Å². The number of anilines is 1. The van der Waals surface area contributed by atoms with E-state index in [0.29, 0.717) is 5.52 Å². The molecule has 0 spiro atoms. The van der Waals surface area contributed by atoms with Crippen LogP contribution in [0.25, 0.3) is 11.0 Å². The van der Waals surface area contributed by atoms with Crippen LogP contribution in [0.2, 0.25) is 0 Å². The maximum absolute atomic E-state index is 13.5. The Hall–Kier alpha value is -1.65. The summed E-state index contributed by atoms with van der Waals surface area (Å²) in [5, 5.41) is 0. The van der Waals surface area contributed by atoms with E-state index in [2.05, 4.69) is 4.98 Å². The minimum Gasteiger partial charge on any atom is -0.369 e. The molecule has 5 heteroatoms. The number of benzene rings is 1. The topological polar surface area (TPSA) is 43.8 Å². The van der Waals surface area contributed by atoms with Crippen LogP contribution >= 0.6 is 0 Å². The fraction of sp³-hybridized carbons (Fsp3) is 0.300. The third kappa shape index (κ3) is 1.35. The van der Waals surface area contributed by atoms with E-state index in [1.54, 1.807) is 0 Å². The molecule has 2 rings (SSSR count). The Labute approximate surface area is 85.5 Å². The molecule has 1 heterocycles. The Morgan fingerprint density at radius 1 is 1.33 bits per heavy atom. The summed E-state index contributed by atoms with van der Waals surface area (Å²) in [6.07, 6.45) is 0.